The Hall–Kier alpha value is -2.29. The van der Waals surface area contributed by atoms with Crippen LogP contribution < -0.4 is 15.2 Å². The van der Waals surface area contributed by atoms with E-state index >= 15 is 0 Å². The third-order valence-corrected chi connectivity index (χ3v) is 6.04. The number of fused-ring (bicyclic) bond motifs is 1. The lowest BCUT2D eigenvalue weighted by Crippen LogP contribution is -2.31. The molecule has 0 spiro atoms. The fourth-order valence-corrected chi connectivity index (χ4v) is 4.62. The molecule has 1 heterocycles. The molecule has 9 heteroatoms. The van der Waals surface area contributed by atoms with Crippen molar-refractivity contribution in [2.75, 3.05) is 39.4 Å². The predicted molar refractivity (Wildman–Crippen MR) is 124 cm³/mol. The van der Waals surface area contributed by atoms with E-state index in [0.29, 0.717) is 41.8 Å². The Kier molecular flexibility index (Phi) is 7.80. The lowest BCUT2D eigenvalue weighted by Gasteiger charge is -2.20. The second kappa shape index (κ2) is 10.3. The first-order valence-electron chi connectivity index (χ1n) is 9.91. The van der Waals surface area contributed by atoms with Crippen molar-refractivity contribution in [3.8, 4) is 11.5 Å². The predicted octanol–water partition coefficient (Wildman–Crippen LogP) is 3.48. The summed E-state index contributed by atoms with van der Waals surface area (Å²) in [7, 11) is 2.01. The number of aromatic nitrogens is 2. The highest BCUT2D eigenvalue weighted by Gasteiger charge is 2.24. The summed E-state index contributed by atoms with van der Waals surface area (Å²) < 4.78 is 31.9. The van der Waals surface area contributed by atoms with Crippen LogP contribution in [0.2, 0.25) is 5.02 Å². The van der Waals surface area contributed by atoms with Crippen LogP contribution in [0.4, 0.5) is 0 Å². The molecule has 3 rings (SSSR count). The number of benzene rings is 2. The van der Waals surface area contributed by atoms with Crippen LogP contribution in [-0.2, 0) is 22.1 Å². The monoisotopic (exact) mass is 466 g/mol. The van der Waals surface area contributed by atoms with Crippen LogP contribution in [0.1, 0.15) is 18.5 Å². The zero-order valence-electron chi connectivity index (χ0n) is 18.1. The quantitative estimate of drug-likeness (QED) is 0.457. The third kappa shape index (κ3) is 4.97. The van der Waals surface area contributed by atoms with E-state index in [1.54, 1.807) is 47.8 Å². The standard InChI is InChI=1S/C22H27ClN2O5S/c1-5-30-21-12-15(6-9-20(21)29-3)19(14-31(4)27)25-17-8-7-16(23)13-18(17)24(22(25)26)10-11-28-2/h6-9,12-13,19H,5,10-11,14H2,1-4H3. The van der Waals surface area contributed by atoms with Crippen molar-refractivity contribution < 1.29 is 18.4 Å². The summed E-state index contributed by atoms with van der Waals surface area (Å²) in [6.45, 7) is 3.13. The SMILES string of the molecule is CCOc1cc(C(CS(C)=O)n2c(=O)n(CCOC)c3cc(Cl)ccc32)ccc1OC. The molecule has 2 aromatic carbocycles. The molecular weight excluding hydrogens is 440 g/mol. The Bertz CT molecular complexity index is 1140. The van der Waals surface area contributed by atoms with Gasteiger partial charge in [0.15, 0.2) is 11.5 Å². The number of imidazole rings is 1. The van der Waals surface area contributed by atoms with Crippen molar-refractivity contribution in [1.29, 1.82) is 0 Å². The molecule has 168 valence electrons. The molecule has 2 unspecified atom stereocenters. The molecule has 0 aliphatic carbocycles. The molecule has 0 saturated heterocycles. The van der Waals surface area contributed by atoms with Gasteiger partial charge >= 0.3 is 5.69 Å². The molecule has 0 radical (unpaired) electrons. The molecule has 0 amide bonds. The molecule has 0 saturated carbocycles. The minimum absolute atomic E-state index is 0.210. The van der Waals surface area contributed by atoms with Gasteiger partial charge in [0.05, 0.1) is 43.9 Å². The first-order valence-corrected chi connectivity index (χ1v) is 12.0. The summed E-state index contributed by atoms with van der Waals surface area (Å²) in [6.07, 6.45) is 1.63. The Morgan fingerprint density at radius 1 is 1.10 bits per heavy atom. The number of methoxy groups -OCH3 is 2. The molecular formula is C22H27ClN2O5S. The van der Waals surface area contributed by atoms with Gasteiger partial charge in [-0.05, 0) is 42.8 Å². The maximum Gasteiger partial charge on any atom is 0.329 e. The first kappa shape index (κ1) is 23.4. The van der Waals surface area contributed by atoms with Gasteiger partial charge in [0.1, 0.15) is 0 Å². The number of rotatable bonds is 10. The van der Waals surface area contributed by atoms with E-state index in [-0.39, 0.29) is 11.4 Å². The highest BCUT2D eigenvalue weighted by atomic mass is 35.5. The van der Waals surface area contributed by atoms with Crippen LogP contribution in [0.3, 0.4) is 0 Å². The van der Waals surface area contributed by atoms with Gasteiger partial charge in [0, 0.05) is 34.9 Å². The zero-order valence-corrected chi connectivity index (χ0v) is 19.7. The largest absolute Gasteiger partial charge is 0.493 e. The van der Waals surface area contributed by atoms with Crippen molar-refractivity contribution in [2.24, 2.45) is 0 Å². The van der Waals surface area contributed by atoms with E-state index in [4.69, 9.17) is 25.8 Å². The number of hydrogen-bond donors (Lipinski definition) is 0. The molecule has 0 bridgehead atoms. The van der Waals surface area contributed by atoms with E-state index in [1.165, 1.54) is 0 Å². The van der Waals surface area contributed by atoms with Gasteiger partial charge in [-0.3, -0.25) is 13.3 Å². The van der Waals surface area contributed by atoms with E-state index in [2.05, 4.69) is 0 Å². The zero-order chi connectivity index (χ0) is 22.5. The summed E-state index contributed by atoms with van der Waals surface area (Å²) in [5, 5.41) is 0.537. The fraction of sp³-hybridized carbons (Fsp3) is 0.409. The van der Waals surface area contributed by atoms with Gasteiger partial charge in [-0.2, -0.15) is 0 Å². The molecule has 3 aromatic rings. The van der Waals surface area contributed by atoms with Crippen molar-refractivity contribution >= 4 is 33.4 Å². The Morgan fingerprint density at radius 2 is 1.87 bits per heavy atom. The Balaban J connectivity index is 2.25. The third-order valence-electron chi connectivity index (χ3n) is 5.02. The second-order valence-electron chi connectivity index (χ2n) is 7.03. The van der Waals surface area contributed by atoms with Gasteiger partial charge in [-0.15, -0.1) is 0 Å². The van der Waals surface area contributed by atoms with Crippen LogP contribution in [0.25, 0.3) is 11.0 Å². The van der Waals surface area contributed by atoms with Crippen molar-refractivity contribution in [1.82, 2.24) is 9.13 Å². The van der Waals surface area contributed by atoms with Crippen LogP contribution >= 0.6 is 11.6 Å². The van der Waals surface area contributed by atoms with Crippen molar-refractivity contribution in [3.63, 3.8) is 0 Å². The van der Waals surface area contributed by atoms with Gasteiger partial charge in [-0.1, -0.05) is 17.7 Å². The van der Waals surface area contributed by atoms with Crippen LogP contribution in [0, 0.1) is 0 Å². The number of hydrogen-bond acceptors (Lipinski definition) is 5. The van der Waals surface area contributed by atoms with E-state index in [0.717, 1.165) is 11.1 Å². The molecule has 1 aromatic heterocycles. The highest BCUT2D eigenvalue weighted by molar-refractivity contribution is 7.84. The van der Waals surface area contributed by atoms with Crippen molar-refractivity contribution in [2.45, 2.75) is 19.5 Å². The van der Waals surface area contributed by atoms with Gasteiger partial charge in [0.2, 0.25) is 0 Å². The molecule has 0 aliphatic heterocycles. The number of nitrogens with zero attached hydrogens (tertiary/aromatic N) is 2. The normalized spacial score (nSPS) is 13.3. The van der Waals surface area contributed by atoms with Gasteiger partial charge < -0.3 is 14.2 Å². The topological polar surface area (TPSA) is 71.7 Å². The molecule has 31 heavy (non-hydrogen) atoms. The van der Waals surface area contributed by atoms with E-state index in [1.807, 2.05) is 25.1 Å². The second-order valence-corrected chi connectivity index (χ2v) is 8.95. The summed E-state index contributed by atoms with van der Waals surface area (Å²) in [6, 6.07) is 10.4. The van der Waals surface area contributed by atoms with Crippen LogP contribution in [0.15, 0.2) is 41.2 Å². The van der Waals surface area contributed by atoms with Crippen LogP contribution in [-0.4, -0.2) is 52.8 Å². The molecule has 0 fully saturated rings. The minimum Gasteiger partial charge on any atom is -0.493 e. The first-order chi connectivity index (χ1) is 14.9. The molecule has 0 aliphatic rings. The van der Waals surface area contributed by atoms with Crippen LogP contribution in [0.5, 0.6) is 11.5 Å². The lowest BCUT2D eigenvalue weighted by molar-refractivity contribution is 0.187. The Morgan fingerprint density at radius 3 is 2.52 bits per heavy atom. The summed E-state index contributed by atoms with van der Waals surface area (Å²) in [5.74, 6) is 1.45. The molecule has 2 atom stereocenters. The maximum atomic E-state index is 13.5. The lowest BCUT2D eigenvalue weighted by atomic mass is 10.1. The number of ether oxygens (including phenoxy) is 3. The summed E-state index contributed by atoms with van der Waals surface area (Å²) in [5.41, 5.74) is 2.02. The molecule has 7 nitrogen and oxygen atoms in total. The smallest absolute Gasteiger partial charge is 0.329 e. The van der Waals surface area contributed by atoms with Gasteiger partial charge in [0.25, 0.3) is 0 Å². The number of halogens is 1. The van der Waals surface area contributed by atoms with Gasteiger partial charge in [-0.25, -0.2) is 4.79 Å². The average molecular weight is 467 g/mol. The van der Waals surface area contributed by atoms with E-state index in [9.17, 15) is 9.00 Å². The minimum atomic E-state index is -1.16. The molecule has 0 N–H and O–H groups in total. The van der Waals surface area contributed by atoms with E-state index < -0.39 is 16.8 Å². The van der Waals surface area contributed by atoms with Crippen molar-refractivity contribution in [3.05, 3.63) is 57.5 Å². The fourth-order valence-electron chi connectivity index (χ4n) is 3.66. The maximum absolute atomic E-state index is 13.5. The highest BCUT2D eigenvalue weighted by Crippen LogP contribution is 2.33. The summed E-state index contributed by atoms with van der Waals surface area (Å²) in [4.78, 5) is 13.5. The average Bonchev–Trinajstić information content (AvgIpc) is 3.01. The summed E-state index contributed by atoms with van der Waals surface area (Å²) >= 11 is 6.22. The Labute approximate surface area is 188 Å².